The number of carbonyl (C=O) groups is 2. The zero-order valence-electron chi connectivity index (χ0n) is 13.4. The molecule has 4 nitrogen and oxygen atoms in total. The second-order valence-corrected chi connectivity index (χ2v) is 5.83. The molecule has 2 aromatic carbocycles. The van der Waals surface area contributed by atoms with Crippen molar-refractivity contribution in [3.63, 3.8) is 0 Å². The number of amides is 2. The van der Waals surface area contributed by atoms with Crippen molar-refractivity contribution < 1.29 is 18.4 Å². The fraction of sp³-hybridized carbons (Fsp3) is 0.222. The highest BCUT2D eigenvalue weighted by atomic mass is 19.1. The van der Waals surface area contributed by atoms with Crippen LogP contribution in [-0.4, -0.2) is 11.8 Å². The van der Waals surface area contributed by atoms with Crippen molar-refractivity contribution in [1.29, 1.82) is 0 Å². The van der Waals surface area contributed by atoms with Crippen molar-refractivity contribution in [2.75, 3.05) is 5.32 Å². The Bertz CT molecular complexity index is 760. The maximum atomic E-state index is 13.6. The largest absolute Gasteiger partial charge is 0.351 e. The molecule has 0 unspecified atom stereocenters. The number of anilines is 1. The summed E-state index contributed by atoms with van der Waals surface area (Å²) in [4.78, 5) is 24.6. The van der Waals surface area contributed by atoms with Crippen LogP contribution in [0.1, 0.15) is 19.4 Å². The number of benzene rings is 2. The summed E-state index contributed by atoms with van der Waals surface area (Å²) in [5.41, 5.74) is -1.14. The summed E-state index contributed by atoms with van der Waals surface area (Å²) in [5, 5.41) is 4.92. The van der Waals surface area contributed by atoms with Crippen LogP contribution in [0.15, 0.2) is 48.5 Å². The molecule has 0 saturated carbocycles. The van der Waals surface area contributed by atoms with Gasteiger partial charge in [-0.2, -0.15) is 0 Å². The van der Waals surface area contributed by atoms with Gasteiger partial charge in [0.15, 0.2) is 0 Å². The van der Waals surface area contributed by atoms with E-state index in [1.807, 2.05) is 0 Å². The van der Waals surface area contributed by atoms with Crippen LogP contribution in [0.5, 0.6) is 0 Å². The number of halogens is 2. The zero-order valence-corrected chi connectivity index (χ0v) is 13.4. The van der Waals surface area contributed by atoms with Gasteiger partial charge in [0.1, 0.15) is 17.0 Å². The number of hydrogen-bond acceptors (Lipinski definition) is 2. The highest BCUT2D eigenvalue weighted by molar-refractivity contribution is 6.09. The molecule has 126 valence electrons. The van der Waals surface area contributed by atoms with Gasteiger partial charge in [-0.3, -0.25) is 9.59 Å². The minimum Gasteiger partial charge on any atom is -0.351 e. The number of rotatable bonds is 5. The summed E-state index contributed by atoms with van der Waals surface area (Å²) in [5.74, 6) is -2.27. The first-order chi connectivity index (χ1) is 11.3. The molecule has 0 fully saturated rings. The summed E-state index contributed by atoms with van der Waals surface area (Å²) in [6.07, 6.45) is 0. The second-order valence-electron chi connectivity index (χ2n) is 5.83. The average Bonchev–Trinajstić information content (AvgIpc) is 2.55. The average molecular weight is 332 g/mol. The molecule has 0 heterocycles. The Morgan fingerprint density at radius 2 is 1.50 bits per heavy atom. The summed E-state index contributed by atoms with van der Waals surface area (Å²) in [6.45, 7) is 2.79. The minimum absolute atomic E-state index is 0.00233. The minimum atomic E-state index is -1.45. The third-order valence-electron chi connectivity index (χ3n) is 3.65. The Balaban J connectivity index is 2.03. The topological polar surface area (TPSA) is 58.2 Å². The molecule has 0 bridgehead atoms. The lowest BCUT2D eigenvalue weighted by Crippen LogP contribution is -2.45. The van der Waals surface area contributed by atoms with Gasteiger partial charge in [0.25, 0.3) is 0 Å². The number of para-hydroxylation sites is 1. The van der Waals surface area contributed by atoms with E-state index in [2.05, 4.69) is 10.6 Å². The van der Waals surface area contributed by atoms with Crippen LogP contribution >= 0.6 is 0 Å². The SMILES string of the molecule is CC(C)(C(=O)NCc1ccccc1F)C(=O)Nc1ccccc1F. The van der Waals surface area contributed by atoms with Crippen molar-refractivity contribution in [3.05, 3.63) is 65.7 Å². The molecule has 6 heteroatoms. The Kier molecular flexibility index (Phi) is 5.28. The maximum Gasteiger partial charge on any atom is 0.239 e. The molecule has 0 aliphatic carbocycles. The molecule has 2 aromatic rings. The Morgan fingerprint density at radius 3 is 2.12 bits per heavy atom. The van der Waals surface area contributed by atoms with E-state index in [0.29, 0.717) is 5.56 Å². The Morgan fingerprint density at radius 1 is 0.917 bits per heavy atom. The monoisotopic (exact) mass is 332 g/mol. The van der Waals surface area contributed by atoms with Crippen molar-refractivity contribution in [3.8, 4) is 0 Å². The lowest BCUT2D eigenvalue weighted by molar-refractivity contribution is -0.138. The number of nitrogens with one attached hydrogen (secondary N) is 2. The van der Waals surface area contributed by atoms with E-state index in [9.17, 15) is 18.4 Å². The van der Waals surface area contributed by atoms with Crippen molar-refractivity contribution in [2.24, 2.45) is 5.41 Å². The molecular weight excluding hydrogens is 314 g/mol. The van der Waals surface area contributed by atoms with E-state index in [4.69, 9.17) is 0 Å². The van der Waals surface area contributed by atoms with Gasteiger partial charge in [0, 0.05) is 12.1 Å². The molecule has 2 N–H and O–H groups in total. The van der Waals surface area contributed by atoms with E-state index >= 15 is 0 Å². The van der Waals surface area contributed by atoms with Crippen LogP contribution in [0.25, 0.3) is 0 Å². The van der Waals surface area contributed by atoms with E-state index in [-0.39, 0.29) is 12.2 Å². The third-order valence-corrected chi connectivity index (χ3v) is 3.65. The third kappa shape index (κ3) is 3.95. The molecule has 0 aliphatic rings. The standard InChI is InChI=1S/C18H18F2N2O2/c1-18(2,17(24)22-15-10-6-5-9-14(15)20)16(23)21-11-12-7-3-4-8-13(12)19/h3-10H,11H2,1-2H3,(H,21,23)(H,22,24). The van der Waals surface area contributed by atoms with Gasteiger partial charge in [-0.1, -0.05) is 30.3 Å². The summed E-state index contributed by atoms with van der Waals surface area (Å²) >= 11 is 0. The molecule has 0 atom stereocenters. The van der Waals surface area contributed by atoms with Crippen LogP contribution in [0.2, 0.25) is 0 Å². The van der Waals surface area contributed by atoms with Gasteiger partial charge in [-0.15, -0.1) is 0 Å². The summed E-state index contributed by atoms with van der Waals surface area (Å²) in [7, 11) is 0. The van der Waals surface area contributed by atoms with E-state index < -0.39 is 28.9 Å². The first-order valence-corrected chi connectivity index (χ1v) is 7.40. The molecule has 24 heavy (non-hydrogen) atoms. The molecule has 0 aliphatic heterocycles. The molecule has 0 radical (unpaired) electrons. The van der Waals surface area contributed by atoms with E-state index in [1.54, 1.807) is 24.3 Å². The second kappa shape index (κ2) is 7.21. The van der Waals surface area contributed by atoms with Gasteiger partial charge in [-0.05, 0) is 32.0 Å². The summed E-state index contributed by atoms with van der Waals surface area (Å²) in [6, 6.07) is 11.7. The van der Waals surface area contributed by atoms with E-state index in [0.717, 1.165) is 0 Å². The van der Waals surface area contributed by atoms with Crippen molar-refractivity contribution in [1.82, 2.24) is 5.32 Å². The molecule has 2 rings (SSSR count). The van der Waals surface area contributed by atoms with Gasteiger partial charge in [0.05, 0.1) is 5.69 Å². The molecule has 0 saturated heterocycles. The van der Waals surface area contributed by atoms with Crippen LogP contribution in [0, 0.1) is 17.0 Å². The molecular formula is C18H18F2N2O2. The first-order valence-electron chi connectivity index (χ1n) is 7.40. The van der Waals surface area contributed by atoms with E-state index in [1.165, 1.54) is 38.1 Å². The van der Waals surface area contributed by atoms with Crippen LogP contribution in [-0.2, 0) is 16.1 Å². The van der Waals surface area contributed by atoms with Crippen LogP contribution in [0.4, 0.5) is 14.5 Å². The fourth-order valence-corrected chi connectivity index (χ4v) is 1.98. The fourth-order valence-electron chi connectivity index (χ4n) is 1.98. The molecule has 0 spiro atoms. The normalized spacial score (nSPS) is 11.0. The number of carbonyl (C=O) groups excluding carboxylic acids is 2. The van der Waals surface area contributed by atoms with Gasteiger partial charge in [-0.25, -0.2) is 8.78 Å². The smallest absolute Gasteiger partial charge is 0.239 e. The lowest BCUT2D eigenvalue weighted by atomic mass is 9.90. The highest BCUT2D eigenvalue weighted by Gasteiger charge is 2.36. The Hall–Kier alpha value is -2.76. The number of hydrogen-bond donors (Lipinski definition) is 2. The lowest BCUT2D eigenvalue weighted by Gasteiger charge is -2.23. The quantitative estimate of drug-likeness (QED) is 0.826. The van der Waals surface area contributed by atoms with Crippen molar-refractivity contribution in [2.45, 2.75) is 20.4 Å². The molecule has 2 amide bonds. The van der Waals surface area contributed by atoms with Crippen LogP contribution < -0.4 is 10.6 Å². The van der Waals surface area contributed by atoms with Gasteiger partial charge in [0.2, 0.25) is 11.8 Å². The molecule has 0 aromatic heterocycles. The van der Waals surface area contributed by atoms with Crippen molar-refractivity contribution >= 4 is 17.5 Å². The van der Waals surface area contributed by atoms with Gasteiger partial charge >= 0.3 is 0 Å². The maximum absolute atomic E-state index is 13.6. The predicted octanol–water partition coefficient (Wildman–Crippen LogP) is 3.25. The Labute approximate surface area is 138 Å². The zero-order chi connectivity index (χ0) is 17.7. The summed E-state index contributed by atoms with van der Waals surface area (Å²) < 4.78 is 27.2. The highest BCUT2D eigenvalue weighted by Crippen LogP contribution is 2.21. The predicted molar refractivity (Wildman–Crippen MR) is 87.1 cm³/mol. The van der Waals surface area contributed by atoms with Gasteiger partial charge < -0.3 is 10.6 Å². The first kappa shape index (κ1) is 17.6. The van der Waals surface area contributed by atoms with Crippen LogP contribution in [0.3, 0.4) is 0 Å².